The highest BCUT2D eigenvalue weighted by Gasteiger charge is 2.25. The lowest BCUT2D eigenvalue weighted by atomic mass is 10.2. The van der Waals surface area contributed by atoms with E-state index in [1.165, 1.54) is 0 Å². The van der Waals surface area contributed by atoms with Gasteiger partial charge in [-0.25, -0.2) is 0 Å². The molecule has 3 heteroatoms. The lowest BCUT2D eigenvalue weighted by Gasteiger charge is -2.36. The number of nitrogens with zero attached hydrogens (tertiary/aromatic N) is 1. The molecular formula is C15H19NO2. The number of benzene rings is 1. The Labute approximate surface area is 108 Å². The van der Waals surface area contributed by atoms with Crippen LogP contribution in [0.1, 0.15) is 19.4 Å². The Bertz CT molecular complexity index is 427. The first-order valence-electron chi connectivity index (χ1n) is 6.32. The van der Waals surface area contributed by atoms with Gasteiger partial charge in [0.1, 0.15) is 0 Å². The molecule has 1 aromatic rings. The lowest BCUT2D eigenvalue weighted by Crippen LogP contribution is -2.49. The van der Waals surface area contributed by atoms with E-state index < -0.39 is 0 Å². The third kappa shape index (κ3) is 3.20. The maximum absolute atomic E-state index is 12.1. The molecular weight excluding hydrogens is 226 g/mol. The summed E-state index contributed by atoms with van der Waals surface area (Å²) in [7, 11) is 0. The fraction of sp³-hybridized carbons (Fsp3) is 0.400. The van der Waals surface area contributed by atoms with Gasteiger partial charge in [-0.2, -0.15) is 0 Å². The van der Waals surface area contributed by atoms with Crippen LogP contribution in [0, 0.1) is 0 Å². The van der Waals surface area contributed by atoms with E-state index in [1.54, 1.807) is 6.08 Å². The molecule has 2 atom stereocenters. The molecule has 0 bridgehead atoms. The summed E-state index contributed by atoms with van der Waals surface area (Å²) in [5.41, 5.74) is 1.04. The lowest BCUT2D eigenvalue weighted by molar-refractivity contribution is -0.137. The van der Waals surface area contributed by atoms with Crippen LogP contribution in [0.5, 0.6) is 0 Å². The molecule has 3 nitrogen and oxygen atoms in total. The van der Waals surface area contributed by atoms with Crippen molar-refractivity contribution in [2.45, 2.75) is 26.0 Å². The van der Waals surface area contributed by atoms with E-state index in [-0.39, 0.29) is 18.1 Å². The predicted octanol–water partition coefficient (Wildman–Crippen LogP) is 2.34. The van der Waals surface area contributed by atoms with Crippen molar-refractivity contribution in [3.8, 4) is 0 Å². The first-order chi connectivity index (χ1) is 8.66. The average Bonchev–Trinajstić information content (AvgIpc) is 2.40. The number of hydrogen-bond donors (Lipinski definition) is 0. The molecule has 96 valence electrons. The van der Waals surface area contributed by atoms with Gasteiger partial charge in [0.25, 0.3) is 0 Å². The predicted molar refractivity (Wildman–Crippen MR) is 72.1 cm³/mol. The molecule has 1 saturated heterocycles. The van der Waals surface area contributed by atoms with Gasteiger partial charge in [-0.15, -0.1) is 0 Å². The Hall–Kier alpha value is -1.61. The number of ether oxygens (including phenoxy) is 1. The average molecular weight is 245 g/mol. The Kier molecular flexibility index (Phi) is 4.15. The monoisotopic (exact) mass is 245 g/mol. The molecule has 18 heavy (non-hydrogen) atoms. The van der Waals surface area contributed by atoms with Gasteiger partial charge in [0.2, 0.25) is 5.91 Å². The van der Waals surface area contributed by atoms with Crippen molar-refractivity contribution in [3.63, 3.8) is 0 Å². The molecule has 1 aliphatic rings. The van der Waals surface area contributed by atoms with Crippen molar-refractivity contribution in [2.75, 3.05) is 13.2 Å². The van der Waals surface area contributed by atoms with Crippen LogP contribution in [0.4, 0.5) is 0 Å². The molecule has 0 aliphatic carbocycles. The molecule has 0 aromatic heterocycles. The Morgan fingerprint density at radius 3 is 2.78 bits per heavy atom. The highest BCUT2D eigenvalue weighted by atomic mass is 16.5. The van der Waals surface area contributed by atoms with Crippen LogP contribution in [0.25, 0.3) is 6.08 Å². The minimum absolute atomic E-state index is 0.0569. The first-order valence-corrected chi connectivity index (χ1v) is 6.32. The molecule has 0 saturated carbocycles. The van der Waals surface area contributed by atoms with Crippen LogP contribution in [0.3, 0.4) is 0 Å². The molecule has 1 heterocycles. The topological polar surface area (TPSA) is 29.5 Å². The van der Waals surface area contributed by atoms with Crippen LogP contribution >= 0.6 is 0 Å². The summed E-state index contributed by atoms with van der Waals surface area (Å²) in [6.07, 6.45) is 3.62. The van der Waals surface area contributed by atoms with E-state index in [2.05, 4.69) is 0 Å². The van der Waals surface area contributed by atoms with Crippen molar-refractivity contribution in [1.82, 2.24) is 4.90 Å². The summed E-state index contributed by atoms with van der Waals surface area (Å²) in [6, 6.07) is 10.00. The first kappa shape index (κ1) is 12.8. The Balaban J connectivity index is 2.01. The summed E-state index contributed by atoms with van der Waals surface area (Å²) in [6.45, 7) is 5.29. The minimum Gasteiger partial charge on any atom is -0.375 e. The van der Waals surface area contributed by atoms with Crippen LogP contribution in [0.2, 0.25) is 0 Å². The molecule has 1 amide bonds. The SMILES string of the molecule is C[C@@H]1CN(C(=O)/C=C/c2ccccc2)[C@@H](C)CO1. The van der Waals surface area contributed by atoms with E-state index in [1.807, 2.05) is 55.2 Å². The zero-order chi connectivity index (χ0) is 13.0. The highest BCUT2D eigenvalue weighted by Crippen LogP contribution is 2.12. The Morgan fingerprint density at radius 1 is 1.33 bits per heavy atom. The van der Waals surface area contributed by atoms with Crippen LogP contribution in [-0.4, -0.2) is 36.1 Å². The van der Waals surface area contributed by atoms with Gasteiger partial charge in [0.15, 0.2) is 0 Å². The number of carbonyl (C=O) groups is 1. The zero-order valence-corrected chi connectivity index (χ0v) is 10.9. The summed E-state index contributed by atoms with van der Waals surface area (Å²) in [5, 5.41) is 0. The van der Waals surface area contributed by atoms with Crippen molar-refractivity contribution in [3.05, 3.63) is 42.0 Å². The van der Waals surface area contributed by atoms with Crippen LogP contribution in [0.15, 0.2) is 36.4 Å². The van der Waals surface area contributed by atoms with Crippen molar-refractivity contribution < 1.29 is 9.53 Å². The van der Waals surface area contributed by atoms with Gasteiger partial charge in [0, 0.05) is 12.6 Å². The van der Waals surface area contributed by atoms with E-state index >= 15 is 0 Å². The summed E-state index contributed by atoms with van der Waals surface area (Å²) in [4.78, 5) is 14.0. The van der Waals surface area contributed by atoms with Crippen LogP contribution < -0.4 is 0 Å². The van der Waals surface area contributed by atoms with Gasteiger partial charge in [-0.1, -0.05) is 30.3 Å². The summed E-state index contributed by atoms with van der Waals surface area (Å²) < 4.78 is 5.52. The number of amides is 1. The minimum atomic E-state index is 0.0569. The van der Waals surface area contributed by atoms with Gasteiger partial charge in [0.05, 0.1) is 18.8 Å². The van der Waals surface area contributed by atoms with Crippen molar-refractivity contribution in [1.29, 1.82) is 0 Å². The maximum atomic E-state index is 12.1. The second-order valence-corrected chi connectivity index (χ2v) is 4.73. The summed E-state index contributed by atoms with van der Waals surface area (Å²) in [5.74, 6) is 0.0569. The van der Waals surface area contributed by atoms with Gasteiger partial charge >= 0.3 is 0 Å². The van der Waals surface area contributed by atoms with Crippen LogP contribution in [-0.2, 0) is 9.53 Å². The number of carbonyl (C=O) groups excluding carboxylic acids is 1. The van der Waals surface area contributed by atoms with Crippen molar-refractivity contribution >= 4 is 12.0 Å². The number of hydrogen-bond acceptors (Lipinski definition) is 2. The normalized spacial score (nSPS) is 24.4. The fourth-order valence-corrected chi connectivity index (χ4v) is 2.04. The third-order valence-electron chi connectivity index (χ3n) is 3.11. The molecule has 0 N–H and O–H groups in total. The van der Waals surface area contributed by atoms with Gasteiger partial charge in [-0.05, 0) is 25.5 Å². The fourth-order valence-electron chi connectivity index (χ4n) is 2.04. The number of rotatable bonds is 2. The second kappa shape index (κ2) is 5.83. The van der Waals surface area contributed by atoms with E-state index in [9.17, 15) is 4.79 Å². The molecule has 2 rings (SSSR count). The molecule has 0 radical (unpaired) electrons. The molecule has 1 fully saturated rings. The maximum Gasteiger partial charge on any atom is 0.246 e. The van der Waals surface area contributed by atoms with Crippen molar-refractivity contribution in [2.24, 2.45) is 0 Å². The third-order valence-corrected chi connectivity index (χ3v) is 3.11. The number of morpholine rings is 1. The standard InChI is InChI=1S/C15H19NO2/c1-12-11-18-13(2)10-16(12)15(17)9-8-14-6-4-3-5-7-14/h3-9,12-13H,10-11H2,1-2H3/b9-8+/t12-,13+/m0/s1. The highest BCUT2D eigenvalue weighted by molar-refractivity contribution is 5.92. The van der Waals surface area contributed by atoms with Gasteiger partial charge in [-0.3, -0.25) is 4.79 Å². The molecule has 1 aliphatic heterocycles. The zero-order valence-electron chi connectivity index (χ0n) is 10.9. The largest absolute Gasteiger partial charge is 0.375 e. The molecule has 0 spiro atoms. The van der Waals surface area contributed by atoms with E-state index in [0.29, 0.717) is 13.2 Å². The van der Waals surface area contributed by atoms with E-state index in [0.717, 1.165) is 5.56 Å². The molecule has 1 aromatic carbocycles. The van der Waals surface area contributed by atoms with Gasteiger partial charge < -0.3 is 9.64 Å². The smallest absolute Gasteiger partial charge is 0.246 e. The summed E-state index contributed by atoms with van der Waals surface area (Å²) >= 11 is 0. The Morgan fingerprint density at radius 2 is 2.06 bits per heavy atom. The van der Waals surface area contributed by atoms with E-state index in [4.69, 9.17) is 4.74 Å². The quantitative estimate of drug-likeness (QED) is 0.748. The second-order valence-electron chi connectivity index (χ2n) is 4.73. The molecule has 0 unspecified atom stereocenters.